The van der Waals surface area contributed by atoms with Crippen molar-refractivity contribution >= 4 is 79.0 Å². The Morgan fingerprint density at radius 2 is 1.78 bits per heavy atom. The molecule has 25 nitrogen and oxygen atoms in total. The van der Waals surface area contributed by atoms with Crippen LogP contribution in [0.1, 0.15) is 90.1 Å². The van der Waals surface area contributed by atoms with Gasteiger partial charge in [-0.3, -0.25) is 23.6 Å². The number of nitrogens with zero attached hydrogens (tertiary/aromatic N) is 5. The number of nitrogen functional groups attached to an aromatic ring is 1. The number of likely N-dealkylation sites (N-methyl/N-ethyl adjacent to an activating group) is 1. The van der Waals surface area contributed by atoms with Crippen LogP contribution in [0.5, 0.6) is 11.5 Å². The van der Waals surface area contributed by atoms with Crippen molar-refractivity contribution in [3.63, 3.8) is 0 Å². The number of hydrogen-bond donors (Lipinski definition) is 8. The lowest BCUT2D eigenvalue weighted by Gasteiger charge is -2.43. The van der Waals surface area contributed by atoms with Crippen LogP contribution in [-0.2, 0) is 46.5 Å². The van der Waals surface area contributed by atoms with Gasteiger partial charge in [-0.15, -0.1) is 0 Å². The summed E-state index contributed by atoms with van der Waals surface area (Å²) < 4.78 is 97.7. The number of carbonyl (C=O) groups excluding carboxylic acids is 1. The van der Waals surface area contributed by atoms with Crippen molar-refractivity contribution < 1.29 is 73.7 Å². The Morgan fingerprint density at radius 1 is 1.04 bits per heavy atom. The SMILES string of the molecule is CCN1c2cc3c(cc2C(C)=CC1(C)C)N=c1cc2c(cc1O3)=[N+](CCCC(=O)NCC#Cc1cn([C@H]3CC[C@@H](COP(=O)(O)OP(=O)(O)OP(=O)(O)O)O3)c3nc(N)[nH]c(=O)c13)C(C)(C)C=C2CS(=O)(=O)O. The summed E-state index contributed by atoms with van der Waals surface area (Å²) in [5, 5.41) is 3.94. The molecule has 29 heteroatoms. The highest BCUT2D eigenvalue weighted by molar-refractivity contribution is 7.86. The number of hydrogen-bond acceptors (Lipinski definition) is 16. The third-order valence-corrected chi connectivity index (χ3v) is 16.9. The summed E-state index contributed by atoms with van der Waals surface area (Å²) in [7, 11) is -21.2. The van der Waals surface area contributed by atoms with Crippen LogP contribution < -0.4 is 41.5 Å². The van der Waals surface area contributed by atoms with E-state index in [1.54, 1.807) is 12.1 Å². The van der Waals surface area contributed by atoms with Crippen LogP contribution in [0.4, 0.5) is 17.3 Å². The van der Waals surface area contributed by atoms with E-state index in [1.807, 2.05) is 36.6 Å². The molecule has 2 unspecified atom stereocenters. The molecule has 2 aromatic heterocycles. The average Bonchev–Trinajstić information content (AvgIpc) is 3.86. The number of nitrogens with two attached hydrogens (primary N) is 1. The van der Waals surface area contributed by atoms with Gasteiger partial charge in [0.2, 0.25) is 17.2 Å². The number of benzene rings is 2. The molecule has 4 aliphatic rings. The summed E-state index contributed by atoms with van der Waals surface area (Å²) in [6.07, 6.45) is 4.58. The average molecular weight is 1090 g/mol. The Balaban J connectivity index is 0.959. The van der Waals surface area contributed by atoms with Gasteiger partial charge in [0.25, 0.3) is 15.7 Å². The van der Waals surface area contributed by atoms with E-state index in [1.165, 1.54) is 10.8 Å². The minimum atomic E-state index is -5.72. The molecule has 0 bridgehead atoms. The number of carbonyl (C=O) groups is 1. The van der Waals surface area contributed by atoms with Crippen LogP contribution >= 0.6 is 23.5 Å². The second-order valence-corrected chi connectivity index (χ2v) is 24.6. The molecular formula is C44H54N8O17P3S+. The Bertz CT molecular complexity index is 3560. The van der Waals surface area contributed by atoms with Gasteiger partial charge in [-0.2, -0.15) is 22.0 Å². The van der Waals surface area contributed by atoms with Crippen molar-refractivity contribution in [1.29, 1.82) is 0 Å². The fourth-order valence-corrected chi connectivity index (χ4v) is 13.3. The molecule has 0 saturated carbocycles. The third kappa shape index (κ3) is 12.1. The first-order chi connectivity index (χ1) is 33.9. The highest BCUT2D eigenvalue weighted by Gasteiger charge is 2.42. The van der Waals surface area contributed by atoms with Crippen LogP contribution in [0.3, 0.4) is 0 Å². The number of aromatic nitrogens is 3. The fourth-order valence-electron chi connectivity index (χ4n) is 9.66. The third-order valence-electron chi connectivity index (χ3n) is 12.4. The predicted octanol–water partition coefficient (Wildman–Crippen LogP) is 3.91. The largest absolute Gasteiger partial charge is 0.490 e. The lowest BCUT2D eigenvalue weighted by molar-refractivity contribution is -0.120. The number of allylic oxidation sites excluding steroid dienone is 1. The molecule has 1 saturated heterocycles. The number of fused-ring (bicyclic) bond motifs is 5. The van der Waals surface area contributed by atoms with Gasteiger partial charge >= 0.3 is 23.5 Å². The Hall–Kier alpha value is -5.35. The van der Waals surface area contributed by atoms with Gasteiger partial charge in [0.1, 0.15) is 29.6 Å². The molecule has 4 atom stereocenters. The maximum Gasteiger partial charge on any atom is 0.490 e. The molecule has 0 radical (unpaired) electrons. The van der Waals surface area contributed by atoms with Crippen molar-refractivity contribution in [2.24, 2.45) is 4.99 Å². The van der Waals surface area contributed by atoms with Crippen molar-refractivity contribution in [2.45, 2.75) is 90.6 Å². The minimum Gasteiger partial charge on any atom is -0.452 e. The Morgan fingerprint density at radius 3 is 2.48 bits per heavy atom. The first-order valence-corrected chi connectivity index (χ1v) is 28.8. The topological polar surface area (TPSA) is 357 Å². The van der Waals surface area contributed by atoms with E-state index < -0.39 is 69.4 Å². The van der Waals surface area contributed by atoms with E-state index in [0.29, 0.717) is 52.0 Å². The summed E-state index contributed by atoms with van der Waals surface area (Å²) in [5.41, 5.74) is 9.23. The van der Waals surface area contributed by atoms with E-state index in [4.69, 9.17) is 34.5 Å². The molecule has 4 aliphatic heterocycles. The van der Waals surface area contributed by atoms with Crippen molar-refractivity contribution in [1.82, 2.24) is 24.4 Å². The summed E-state index contributed by atoms with van der Waals surface area (Å²) in [6.45, 7) is 12.6. The number of nitrogens with one attached hydrogen (secondary N) is 2. The molecule has 6 heterocycles. The number of amides is 1. The monoisotopic (exact) mass is 1090 g/mol. The van der Waals surface area contributed by atoms with Gasteiger partial charge in [-0.05, 0) is 69.9 Å². The summed E-state index contributed by atoms with van der Waals surface area (Å²) >= 11 is 0. The molecule has 4 aromatic rings. The zero-order valence-corrected chi connectivity index (χ0v) is 43.8. The number of H-pyrrole nitrogens is 1. The first-order valence-electron chi connectivity index (χ1n) is 22.7. The number of rotatable bonds is 16. The van der Waals surface area contributed by atoms with E-state index in [0.717, 1.165) is 23.4 Å². The second-order valence-electron chi connectivity index (χ2n) is 18.8. The zero-order valence-electron chi connectivity index (χ0n) is 40.3. The highest BCUT2D eigenvalue weighted by Crippen LogP contribution is 2.66. The van der Waals surface area contributed by atoms with E-state index in [9.17, 15) is 46.0 Å². The second kappa shape index (κ2) is 19.7. The smallest absolute Gasteiger partial charge is 0.452 e. The van der Waals surface area contributed by atoms with E-state index in [2.05, 4.69) is 74.4 Å². The Kier molecular flexibility index (Phi) is 14.6. The van der Waals surface area contributed by atoms with Gasteiger partial charge in [0, 0.05) is 56.7 Å². The molecule has 0 aliphatic carbocycles. The van der Waals surface area contributed by atoms with Gasteiger partial charge < -0.3 is 49.6 Å². The van der Waals surface area contributed by atoms with Crippen molar-refractivity contribution in [3.05, 3.63) is 80.4 Å². The highest BCUT2D eigenvalue weighted by atomic mass is 32.2. The number of phosphoric ester groups is 1. The molecule has 2 aromatic carbocycles. The van der Waals surface area contributed by atoms with Crippen LogP contribution in [0.15, 0.2) is 52.4 Å². The molecule has 392 valence electrons. The van der Waals surface area contributed by atoms with Crippen LogP contribution in [-0.4, -0.2) is 102 Å². The van der Waals surface area contributed by atoms with E-state index in [-0.39, 0.29) is 59.8 Å². The number of aromatic amines is 1. The normalized spacial score (nSPS) is 20.4. The number of ether oxygens (including phenoxy) is 2. The van der Waals surface area contributed by atoms with E-state index >= 15 is 0 Å². The molecular weight excluding hydrogens is 1040 g/mol. The van der Waals surface area contributed by atoms with Crippen molar-refractivity contribution in [2.75, 3.05) is 42.6 Å². The molecule has 9 N–H and O–H groups in total. The lowest BCUT2D eigenvalue weighted by Crippen LogP contribution is -2.50. The lowest BCUT2D eigenvalue weighted by atomic mass is 9.88. The minimum absolute atomic E-state index is 0.0507. The Labute approximate surface area is 417 Å². The summed E-state index contributed by atoms with van der Waals surface area (Å²) in [6, 6.07) is 7.59. The fraction of sp³-hybridized carbons (Fsp3) is 0.432. The molecule has 0 spiro atoms. The van der Waals surface area contributed by atoms with Gasteiger partial charge in [0.05, 0.1) is 47.4 Å². The summed E-state index contributed by atoms with van der Waals surface area (Å²) in [5.74, 6) is 5.57. The van der Waals surface area contributed by atoms with Crippen LogP contribution in [0.2, 0.25) is 0 Å². The predicted molar refractivity (Wildman–Crippen MR) is 266 cm³/mol. The number of phosphoric acid groups is 3. The molecule has 73 heavy (non-hydrogen) atoms. The maximum absolute atomic E-state index is 13.2. The van der Waals surface area contributed by atoms with Gasteiger partial charge in [-0.25, -0.2) is 23.3 Å². The molecule has 1 fully saturated rings. The quantitative estimate of drug-likeness (QED) is 0.0300. The standard InChI is InChI=1S/C44H53N8O17P3S/c1-7-51-33-18-35-31(16-29(33)25(2)20-43(51,3)4)47-32-17-30-27(24-73(62,63)64)21-44(5,6)52(34(30)19-36(32)67-35)15-9-11-37(53)46-14-8-10-26-22-50(40-39(26)41(54)49-42(45)48-40)38-13-12-28(66-38)23-65-71(58,59)69-72(60,61)68-70(55,56)57/h16-22,28,38H,7,9,11-15,23-24H2,1-6H3,(H8-,45,46,48,49,53,54,55,56,57,58,59,60,61,62,63,64)/p+1/t28-,38+/m0/s1. The maximum atomic E-state index is 13.2. The van der Waals surface area contributed by atoms with Gasteiger partial charge in [0.15, 0.2) is 22.7 Å². The number of anilines is 2. The zero-order chi connectivity index (χ0) is 53.2. The van der Waals surface area contributed by atoms with Crippen LogP contribution in [0.25, 0.3) is 22.2 Å². The van der Waals surface area contributed by atoms with Gasteiger partial charge in [-0.1, -0.05) is 17.9 Å². The van der Waals surface area contributed by atoms with Crippen LogP contribution in [0, 0.1) is 11.8 Å². The first kappa shape index (κ1) is 53.9. The summed E-state index contributed by atoms with van der Waals surface area (Å²) in [4.78, 5) is 77.1. The molecule has 1 amide bonds. The molecule has 8 rings (SSSR count). The van der Waals surface area contributed by atoms with Crippen molar-refractivity contribution in [3.8, 4) is 23.3 Å².